The van der Waals surface area contributed by atoms with E-state index < -0.39 is 15.5 Å². The average molecular weight is 475 g/mol. The largest absolute Gasteiger partial charge is 0.416 e. The Bertz CT molecular complexity index is 1100. The molecule has 4 heteroatoms. The van der Waals surface area contributed by atoms with E-state index in [2.05, 4.69) is 39.6 Å². The minimum Gasteiger partial charge on any atom is -0.416 e. The molecule has 0 heterocycles. The number of rotatable bonds is 8. The maximum atomic E-state index is 14.9. The molecule has 33 heavy (non-hydrogen) atoms. The van der Waals surface area contributed by atoms with Crippen molar-refractivity contribution in [1.82, 2.24) is 0 Å². The normalized spacial score (nSPS) is 12.2. The molecule has 172 valence electrons. The van der Waals surface area contributed by atoms with Gasteiger partial charge >= 0.3 is 0 Å². The number of benzene rings is 3. The molecule has 3 aromatic rings. The van der Waals surface area contributed by atoms with E-state index in [0.29, 0.717) is 13.0 Å². The standard InChI is InChI=1S/C29H35O2PSi/c1-29(2,3)33(4,5)31-24-23-28(22-21-25-15-9-6-10-16-25)32(30,26-17-11-7-12-18-26)27-19-13-8-14-20-27/h6-21H,23-24H2,1-5H3. The van der Waals surface area contributed by atoms with Crippen LogP contribution in [0.4, 0.5) is 0 Å². The number of hydrogen-bond donors (Lipinski definition) is 0. The van der Waals surface area contributed by atoms with Gasteiger partial charge in [0.25, 0.3) is 0 Å². The van der Waals surface area contributed by atoms with Crippen LogP contribution in [0.3, 0.4) is 0 Å². The lowest BCUT2D eigenvalue weighted by Gasteiger charge is -2.36. The summed E-state index contributed by atoms with van der Waals surface area (Å²) >= 11 is 0. The molecule has 0 aliphatic rings. The lowest BCUT2D eigenvalue weighted by atomic mass is 10.2. The molecule has 0 amide bonds. The summed E-state index contributed by atoms with van der Waals surface area (Å²) < 4.78 is 21.4. The molecule has 0 saturated carbocycles. The highest BCUT2D eigenvalue weighted by atomic mass is 31.2. The van der Waals surface area contributed by atoms with Crippen LogP contribution in [0.15, 0.2) is 102 Å². The molecule has 0 atom stereocenters. The predicted octanol–water partition coefficient (Wildman–Crippen LogP) is 7.61. The second kappa shape index (κ2) is 10.7. The Morgan fingerprint density at radius 1 is 0.848 bits per heavy atom. The van der Waals surface area contributed by atoms with Crippen LogP contribution in [-0.4, -0.2) is 14.9 Å². The Kier molecular flexibility index (Phi) is 8.16. The second-order valence-electron chi connectivity index (χ2n) is 9.79. The van der Waals surface area contributed by atoms with Crippen LogP contribution in [0, 0.1) is 0 Å². The zero-order valence-corrected chi connectivity index (χ0v) is 22.3. The highest BCUT2D eigenvalue weighted by Crippen LogP contribution is 2.53. The molecule has 0 unspecified atom stereocenters. The van der Waals surface area contributed by atoms with Crippen LogP contribution in [0.1, 0.15) is 32.8 Å². The van der Waals surface area contributed by atoms with Gasteiger partial charge in [0.1, 0.15) is 0 Å². The summed E-state index contributed by atoms with van der Waals surface area (Å²) in [6.07, 6.45) is 2.51. The third-order valence-corrected chi connectivity index (χ3v) is 14.1. The first-order valence-corrected chi connectivity index (χ1v) is 16.1. The summed E-state index contributed by atoms with van der Waals surface area (Å²) in [5, 5.41) is 2.57. The fourth-order valence-electron chi connectivity index (χ4n) is 3.39. The topological polar surface area (TPSA) is 26.3 Å². The zero-order valence-electron chi connectivity index (χ0n) is 20.4. The third-order valence-electron chi connectivity index (χ3n) is 6.43. The van der Waals surface area contributed by atoms with Crippen LogP contribution >= 0.6 is 7.14 Å². The monoisotopic (exact) mass is 474 g/mol. The first kappa shape index (κ1) is 25.2. The summed E-state index contributed by atoms with van der Waals surface area (Å²) in [4.78, 5) is 0. The van der Waals surface area contributed by atoms with Crippen molar-refractivity contribution in [2.24, 2.45) is 0 Å². The Hall–Kier alpha value is -2.41. The van der Waals surface area contributed by atoms with E-state index in [0.717, 1.165) is 21.5 Å². The third kappa shape index (κ3) is 6.13. The lowest BCUT2D eigenvalue weighted by molar-refractivity contribution is 0.293. The quantitative estimate of drug-likeness (QED) is 0.191. The van der Waals surface area contributed by atoms with E-state index in [1.807, 2.05) is 97.1 Å². The molecule has 0 radical (unpaired) electrons. The van der Waals surface area contributed by atoms with Crippen molar-refractivity contribution in [3.05, 3.63) is 108 Å². The van der Waals surface area contributed by atoms with Crippen molar-refractivity contribution in [3.8, 4) is 0 Å². The molecule has 3 aromatic carbocycles. The first-order valence-electron chi connectivity index (χ1n) is 11.5. The van der Waals surface area contributed by atoms with Crippen LogP contribution in [0.2, 0.25) is 18.1 Å². The van der Waals surface area contributed by atoms with E-state index in [9.17, 15) is 4.57 Å². The molecule has 2 nitrogen and oxygen atoms in total. The zero-order chi connectivity index (χ0) is 24.0. The van der Waals surface area contributed by atoms with Gasteiger partial charge in [-0.2, -0.15) is 0 Å². The van der Waals surface area contributed by atoms with Gasteiger partial charge in [-0.15, -0.1) is 5.73 Å². The van der Waals surface area contributed by atoms with Gasteiger partial charge in [0.15, 0.2) is 15.5 Å². The smallest absolute Gasteiger partial charge is 0.191 e. The molecule has 0 aromatic heterocycles. The van der Waals surface area contributed by atoms with Crippen LogP contribution in [-0.2, 0) is 8.99 Å². The predicted molar refractivity (Wildman–Crippen MR) is 145 cm³/mol. The molecular formula is C29H35O2PSi. The molecule has 0 saturated heterocycles. The molecule has 0 spiro atoms. The Labute approximate surface area is 200 Å². The summed E-state index contributed by atoms with van der Waals surface area (Å²) in [6, 6.07) is 29.7. The molecule has 0 aliphatic carbocycles. The number of hydrogen-bond acceptors (Lipinski definition) is 2. The van der Waals surface area contributed by atoms with Crippen molar-refractivity contribution in [3.63, 3.8) is 0 Å². The van der Waals surface area contributed by atoms with Gasteiger partial charge in [0.2, 0.25) is 0 Å². The van der Waals surface area contributed by atoms with Crippen LogP contribution in [0.5, 0.6) is 0 Å². The van der Waals surface area contributed by atoms with Crippen molar-refractivity contribution in [2.75, 3.05) is 6.61 Å². The van der Waals surface area contributed by atoms with E-state index >= 15 is 0 Å². The Morgan fingerprint density at radius 3 is 1.76 bits per heavy atom. The van der Waals surface area contributed by atoms with E-state index in [-0.39, 0.29) is 5.04 Å². The minimum absolute atomic E-state index is 0.124. The molecule has 3 rings (SSSR count). The fourth-order valence-corrected chi connectivity index (χ4v) is 7.20. The van der Waals surface area contributed by atoms with E-state index in [1.165, 1.54) is 0 Å². The fraction of sp³-hybridized carbons (Fsp3) is 0.276. The van der Waals surface area contributed by atoms with Crippen LogP contribution in [0.25, 0.3) is 6.08 Å². The van der Waals surface area contributed by atoms with Gasteiger partial charge < -0.3 is 8.99 Å². The molecule has 0 bridgehead atoms. The Morgan fingerprint density at radius 2 is 1.30 bits per heavy atom. The van der Waals surface area contributed by atoms with Gasteiger partial charge in [-0.1, -0.05) is 112 Å². The summed E-state index contributed by atoms with van der Waals surface area (Å²) in [5.74, 6) is 0. The summed E-state index contributed by atoms with van der Waals surface area (Å²) in [6.45, 7) is 11.8. The van der Waals surface area contributed by atoms with Gasteiger partial charge in [-0.3, -0.25) is 0 Å². The van der Waals surface area contributed by atoms with Crippen molar-refractivity contribution >= 4 is 32.1 Å². The van der Waals surface area contributed by atoms with Crippen molar-refractivity contribution in [1.29, 1.82) is 0 Å². The SMILES string of the molecule is CC(C)(C)[Si](C)(C)OCCC(=C=Cc1ccccc1)P(=O)(c1ccccc1)c1ccccc1. The first-order chi connectivity index (χ1) is 15.6. The van der Waals surface area contributed by atoms with Gasteiger partial charge in [-0.25, -0.2) is 0 Å². The lowest BCUT2D eigenvalue weighted by Crippen LogP contribution is -2.41. The Balaban J connectivity index is 2.10. The van der Waals surface area contributed by atoms with Gasteiger partial charge in [-0.05, 0) is 29.8 Å². The van der Waals surface area contributed by atoms with E-state index in [4.69, 9.17) is 4.43 Å². The average Bonchev–Trinajstić information content (AvgIpc) is 2.82. The van der Waals surface area contributed by atoms with Crippen molar-refractivity contribution in [2.45, 2.75) is 45.3 Å². The highest BCUT2D eigenvalue weighted by molar-refractivity contribution is 7.82. The molecular weight excluding hydrogens is 439 g/mol. The molecule has 0 aliphatic heterocycles. The summed E-state index contributed by atoms with van der Waals surface area (Å²) in [7, 11) is -5.00. The van der Waals surface area contributed by atoms with Crippen LogP contribution < -0.4 is 10.6 Å². The van der Waals surface area contributed by atoms with Gasteiger partial charge in [0.05, 0.1) is 0 Å². The highest BCUT2D eigenvalue weighted by Gasteiger charge is 2.38. The van der Waals surface area contributed by atoms with E-state index in [1.54, 1.807) is 0 Å². The molecule has 0 N–H and O–H groups in total. The minimum atomic E-state index is -3.08. The maximum absolute atomic E-state index is 14.9. The molecule has 0 fully saturated rings. The summed E-state index contributed by atoms with van der Waals surface area (Å²) in [5.41, 5.74) is 4.50. The maximum Gasteiger partial charge on any atom is 0.191 e. The second-order valence-corrected chi connectivity index (χ2v) is 17.4. The van der Waals surface area contributed by atoms with Gasteiger partial charge in [0, 0.05) is 29.0 Å². The van der Waals surface area contributed by atoms with Crippen molar-refractivity contribution < 1.29 is 8.99 Å².